The molecule has 2 aliphatic carbocycles. The summed E-state index contributed by atoms with van der Waals surface area (Å²) in [6.45, 7) is 2.80. The van der Waals surface area contributed by atoms with Gasteiger partial charge in [0.15, 0.2) is 0 Å². The van der Waals surface area contributed by atoms with Crippen LogP contribution in [0.4, 0.5) is 0 Å². The predicted octanol–water partition coefficient (Wildman–Crippen LogP) is 2.23. The smallest absolute Gasteiger partial charge is 0.249 e. The molecule has 4 heteroatoms. The number of hydrogen-bond donors (Lipinski definition) is 1. The summed E-state index contributed by atoms with van der Waals surface area (Å²) in [5.41, 5.74) is -0.565. The highest BCUT2D eigenvalue weighted by molar-refractivity contribution is 5.99. The van der Waals surface area contributed by atoms with E-state index in [1.165, 1.54) is 25.7 Å². The number of piperazine rings is 1. The van der Waals surface area contributed by atoms with Gasteiger partial charge < -0.3 is 10.2 Å². The maximum absolute atomic E-state index is 13.0. The maximum atomic E-state index is 13.0. The van der Waals surface area contributed by atoms with Crippen LogP contribution in [0.3, 0.4) is 0 Å². The standard InChI is InChI=1S/C16H26N2O2/c1-2-13-14(19)17-16(9-4-3-5-10-16)15(20)18(13)11-12-7-6-8-12/h12-13H,2-11H2,1H3,(H,17,19). The first-order valence-corrected chi connectivity index (χ1v) is 8.29. The molecular formula is C16H26N2O2. The molecule has 2 saturated carbocycles. The van der Waals surface area contributed by atoms with Gasteiger partial charge in [0.05, 0.1) is 0 Å². The van der Waals surface area contributed by atoms with Gasteiger partial charge in [0.2, 0.25) is 11.8 Å². The van der Waals surface area contributed by atoms with E-state index in [2.05, 4.69) is 5.32 Å². The monoisotopic (exact) mass is 278 g/mol. The largest absolute Gasteiger partial charge is 0.340 e. The normalized spacial score (nSPS) is 30.2. The van der Waals surface area contributed by atoms with Gasteiger partial charge in [-0.1, -0.05) is 32.6 Å². The highest BCUT2D eigenvalue weighted by Crippen LogP contribution is 2.36. The topological polar surface area (TPSA) is 49.4 Å². The summed E-state index contributed by atoms with van der Waals surface area (Å²) in [7, 11) is 0. The summed E-state index contributed by atoms with van der Waals surface area (Å²) < 4.78 is 0. The SMILES string of the molecule is CCC1C(=O)NC2(CCCCC2)C(=O)N1CC1CCC1. The molecule has 3 fully saturated rings. The Labute approximate surface area is 121 Å². The number of carbonyl (C=O) groups is 2. The lowest BCUT2D eigenvalue weighted by molar-refractivity contribution is -0.158. The van der Waals surface area contributed by atoms with Crippen LogP contribution in [0, 0.1) is 5.92 Å². The highest BCUT2D eigenvalue weighted by atomic mass is 16.2. The minimum absolute atomic E-state index is 0.0772. The van der Waals surface area contributed by atoms with E-state index >= 15 is 0 Å². The van der Waals surface area contributed by atoms with Gasteiger partial charge in [-0.2, -0.15) is 0 Å². The average molecular weight is 278 g/mol. The molecule has 1 atom stereocenters. The lowest BCUT2D eigenvalue weighted by atomic mass is 9.77. The van der Waals surface area contributed by atoms with Crippen LogP contribution < -0.4 is 5.32 Å². The van der Waals surface area contributed by atoms with Gasteiger partial charge in [-0.15, -0.1) is 0 Å². The third kappa shape index (κ3) is 2.23. The van der Waals surface area contributed by atoms with E-state index in [0.29, 0.717) is 5.92 Å². The third-order valence-electron chi connectivity index (χ3n) is 5.49. The van der Waals surface area contributed by atoms with Crippen LogP contribution in [0.1, 0.15) is 64.7 Å². The zero-order valence-electron chi connectivity index (χ0n) is 12.5. The van der Waals surface area contributed by atoms with Gasteiger partial charge in [0.1, 0.15) is 11.6 Å². The van der Waals surface area contributed by atoms with Crippen molar-refractivity contribution in [3.8, 4) is 0 Å². The Hall–Kier alpha value is -1.06. The molecule has 1 N–H and O–H groups in total. The minimum atomic E-state index is -0.565. The fourth-order valence-electron chi connectivity index (χ4n) is 3.99. The molecule has 0 bridgehead atoms. The summed E-state index contributed by atoms with van der Waals surface area (Å²) in [5.74, 6) is 0.906. The Morgan fingerprint density at radius 3 is 2.40 bits per heavy atom. The molecule has 4 nitrogen and oxygen atoms in total. The minimum Gasteiger partial charge on any atom is -0.340 e. The van der Waals surface area contributed by atoms with Crippen LogP contribution >= 0.6 is 0 Å². The highest BCUT2D eigenvalue weighted by Gasteiger charge is 2.50. The molecule has 1 spiro atoms. The molecule has 3 aliphatic rings. The molecule has 1 aliphatic heterocycles. The summed E-state index contributed by atoms with van der Waals surface area (Å²) >= 11 is 0. The van der Waals surface area contributed by atoms with Crippen LogP contribution in [0.5, 0.6) is 0 Å². The van der Waals surface area contributed by atoms with Crippen molar-refractivity contribution in [2.24, 2.45) is 5.92 Å². The second-order valence-electron chi connectivity index (χ2n) is 6.81. The quantitative estimate of drug-likeness (QED) is 0.860. The van der Waals surface area contributed by atoms with Gasteiger partial charge in [-0.3, -0.25) is 9.59 Å². The van der Waals surface area contributed by atoms with E-state index < -0.39 is 5.54 Å². The van der Waals surface area contributed by atoms with Crippen LogP contribution in [0.15, 0.2) is 0 Å². The Kier molecular flexibility index (Phi) is 3.74. The molecule has 3 rings (SSSR count). The Balaban J connectivity index is 1.82. The second-order valence-corrected chi connectivity index (χ2v) is 6.81. The number of rotatable bonds is 3. The first kappa shape index (κ1) is 13.9. The molecule has 20 heavy (non-hydrogen) atoms. The predicted molar refractivity (Wildman–Crippen MR) is 77.1 cm³/mol. The van der Waals surface area contributed by atoms with E-state index in [1.54, 1.807) is 0 Å². The molecule has 0 radical (unpaired) electrons. The van der Waals surface area contributed by atoms with Gasteiger partial charge in [0.25, 0.3) is 0 Å². The maximum Gasteiger partial charge on any atom is 0.249 e. The van der Waals surface area contributed by atoms with E-state index in [-0.39, 0.29) is 17.9 Å². The molecule has 112 valence electrons. The molecule has 0 aromatic rings. The van der Waals surface area contributed by atoms with Crippen molar-refractivity contribution in [3.63, 3.8) is 0 Å². The summed E-state index contributed by atoms with van der Waals surface area (Å²) in [4.78, 5) is 27.4. The lowest BCUT2D eigenvalue weighted by Crippen LogP contribution is -2.71. The van der Waals surface area contributed by atoms with Gasteiger partial charge >= 0.3 is 0 Å². The van der Waals surface area contributed by atoms with E-state index in [4.69, 9.17) is 0 Å². The van der Waals surface area contributed by atoms with Crippen molar-refractivity contribution in [2.45, 2.75) is 76.3 Å². The van der Waals surface area contributed by atoms with Crippen molar-refractivity contribution in [3.05, 3.63) is 0 Å². The van der Waals surface area contributed by atoms with Crippen LogP contribution in [-0.2, 0) is 9.59 Å². The summed E-state index contributed by atoms with van der Waals surface area (Å²) in [6, 6.07) is -0.240. The number of amides is 2. The lowest BCUT2D eigenvalue weighted by Gasteiger charge is -2.49. The Morgan fingerprint density at radius 1 is 1.15 bits per heavy atom. The molecule has 1 unspecified atom stereocenters. The molecule has 0 aromatic carbocycles. The fourth-order valence-corrected chi connectivity index (χ4v) is 3.99. The first-order valence-electron chi connectivity index (χ1n) is 8.29. The van der Waals surface area contributed by atoms with Crippen LogP contribution in [0.25, 0.3) is 0 Å². The fraction of sp³-hybridized carbons (Fsp3) is 0.875. The van der Waals surface area contributed by atoms with Gasteiger partial charge in [-0.05, 0) is 38.0 Å². The molecule has 0 aromatic heterocycles. The molecule has 1 heterocycles. The van der Waals surface area contributed by atoms with Crippen LogP contribution in [-0.4, -0.2) is 34.8 Å². The van der Waals surface area contributed by atoms with Crippen molar-refractivity contribution >= 4 is 11.8 Å². The van der Waals surface area contributed by atoms with E-state index in [9.17, 15) is 9.59 Å². The number of hydrogen-bond acceptors (Lipinski definition) is 2. The second kappa shape index (κ2) is 5.38. The zero-order valence-corrected chi connectivity index (χ0v) is 12.5. The van der Waals surface area contributed by atoms with Gasteiger partial charge in [-0.25, -0.2) is 0 Å². The third-order valence-corrected chi connectivity index (χ3v) is 5.49. The number of carbonyl (C=O) groups excluding carboxylic acids is 2. The van der Waals surface area contributed by atoms with Crippen molar-refractivity contribution in [1.82, 2.24) is 10.2 Å². The van der Waals surface area contributed by atoms with E-state index in [1.807, 2.05) is 11.8 Å². The number of nitrogens with one attached hydrogen (secondary N) is 1. The summed E-state index contributed by atoms with van der Waals surface area (Å²) in [6.07, 6.45) is 9.39. The average Bonchev–Trinajstić information content (AvgIpc) is 2.40. The summed E-state index contributed by atoms with van der Waals surface area (Å²) in [5, 5.41) is 3.09. The van der Waals surface area contributed by atoms with Gasteiger partial charge in [0, 0.05) is 6.54 Å². The zero-order chi connectivity index (χ0) is 14.2. The molecular weight excluding hydrogens is 252 g/mol. The van der Waals surface area contributed by atoms with Crippen molar-refractivity contribution in [2.75, 3.05) is 6.54 Å². The van der Waals surface area contributed by atoms with Crippen molar-refractivity contribution in [1.29, 1.82) is 0 Å². The van der Waals surface area contributed by atoms with E-state index in [0.717, 1.165) is 38.6 Å². The Bertz CT molecular complexity index is 397. The molecule has 1 saturated heterocycles. The van der Waals surface area contributed by atoms with Crippen LogP contribution in [0.2, 0.25) is 0 Å². The Morgan fingerprint density at radius 2 is 1.85 bits per heavy atom. The molecule has 2 amide bonds. The number of nitrogens with zero attached hydrogens (tertiary/aromatic N) is 1. The van der Waals surface area contributed by atoms with Crippen molar-refractivity contribution < 1.29 is 9.59 Å². The first-order chi connectivity index (χ1) is 9.66.